The van der Waals surface area contributed by atoms with Crippen LogP contribution in [0, 0.1) is 0 Å². The lowest BCUT2D eigenvalue weighted by atomic mass is 9.80. The van der Waals surface area contributed by atoms with Crippen molar-refractivity contribution in [2.75, 3.05) is 26.7 Å². The van der Waals surface area contributed by atoms with Crippen LogP contribution in [-0.2, 0) is 25.1 Å². The summed E-state index contributed by atoms with van der Waals surface area (Å²) >= 11 is 8.38. The second-order valence-electron chi connectivity index (χ2n) is 10.7. The number of nitrogen functional groups attached to an aromatic ring is 1. The molecule has 3 heterocycles. The molecule has 1 atom stereocenters. The van der Waals surface area contributed by atoms with Crippen LogP contribution >= 0.6 is 22.9 Å². The van der Waals surface area contributed by atoms with E-state index in [0.29, 0.717) is 38.8 Å². The van der Waals surface area contributed by atoms with E-state index >= 15 is 0 Å². The van der Waals surface area contributed by atoms with Gasteiger partial charge in [0.25, 0.3) is 0 Å². The molecule has 0 aliphatic heterocycles. The van der Waals surface area contributed by atoms with Crippen molar-refractivity contribution in [2.45, 2.75) is 43.0 Å². The first-order valence-electron chi connectivity index (χ1n) is 13.5. The SMILES string of the molecule is COCOC1(c2ncc(C3=CCC(C)(S(=O)(=O)n4c(-c5ccc(N)cc5OC)cc5cccnc54)C=C3Cl)s2)CCC1. The van der Waals surface area contributed by atoms with Gasteiger partial charge in [-0.2, -0.15) is 0 Å². The van der Waals surface area contributed by atoms with E-state index in [1.807, 2.05) is 12.1 Å². The number of allylic oxidation sites excluding steroid dienone is 3. The summed E-state index contributed by atoms with van der Waals surface area (Å²) < 4.78 is 45.9. The molecule has 0 spiro atoms. The minimum atomic E-state index is -4.10. The molecule has 12 heteroatoms. The van der Waals surface area contributed by atoms with Crippen LogP contribution in [0.2, 0.25) is 0 Å². The molecule has 6 rings (SSSR count). The Morgan fingerprint density at radius 3 is 2.67 bits per heavy atom. The fourth-order valence-corrected chi connectivity index (χ4v) is 8.95. The summed E-state index contributed by atoms with van der Waals surface area (Å²) in [6.45, 7) is 1.87. The molecule has 9 nitrogen and oxygen atoms in total. The summed E-state index contributed by atoms with van der Waals surface area (Å²) in [5, 5.41) is 1.90. The number of aromatic nitrogens is 3. The predicted octanol–water partition coefficient (Wildman–Crippen LogP) is 6.30. The van der Waals surface area contributed by atoms with Gasteiger partial charge in [0.2, 0.25) is 10.0 Å². The molecule has 220 valence electrons. The number of thiazole rings is 1. The Morgan fingerprint density at radius 1 is 1.17 bits per heavy atom. The monoisotopic (exact) mass is 626 g/mol. The Morgan fingerprint density at radius 2 is 1.98 bits per heavy atom. The van der Waals surface area contributed by atoms with Gasteiger partial charge in [-0.25, -0.2) is 22.4 Å². The van der Waals surface area contributed by atoms with Crippen LogP contribution in [0.15, 0.2) is 66.0 Å². The zero-order valence-corrected chi connectivity index (χ0v) is 25.9. The van der Waals surface area contributed by atoms with Gasteiger partial charge in [0.15, 0.2) is 5.65 Å². The summed E-state index contributed by atoms with van der Waals surface area (Å²) in [6.07, 6.45) is 9.88. The minimum absolute atomic E-state index is 0.196. The smallest absolute Gasteiger partial charge is 0.250 e. The topological polar surface area (TPSA) is 119 Å². The highest BCUT2D eigenvalue weighted by Gasteiger charge is 2.45. The van der Waals surface area contributed by atoms with Gasteiger partial charge in [0.05, 0.1) is 17.7 Å². The highest BCUT2D eigenvalue weighted by Crippen LogP contribution is 2.49. The molecule has 3 aromatic heterocycles. The maximum absolute atomic E-state index is 14.6. The molecule has 42 heavy (non-hydrogen) atoms. The van der Waals surface area contributed by atoms with Gasteiger partial charge >= 0.3 is 0 Å². The van der Waals surface area contributed by atoms with E-state index in [1.54, 1.807) is 62.8 Å². The molecule has 0 bridgehead atoms. The molecular formula is C30H31ClN4O5S2. The standard InChI is InChI=1S/C30H31ClN4O5S2/c1-29(12-9-21(23(31)16-29)26-17-34-28(41-26)30(10-5-11-30)40-18-38-2)42(36,37)35-24(14-19-6-4-13-33-27(19)35)22-8-7-20(32)15-25(22)39-3/h4,6-9,13-17H,5,10-12,18,32H2,1-3H3. The van der Waals surface area contributed by atoms with Gasteiger partial charge < -0.3 is 19.9 Å². The molecular weight excluding hydrogens is 596 g/mol. The molecule has 0 radical (unpaired) electrons. The number of pyridine rings is 1. The third kappa shape index (κ3) is 4.64. The van der Waals surface area contributed by atoms with E-state index in [9.17, 15) is 8.42 Å². The fraction of sp³-hybridized carbons (Fsp3) is 0.333. The van der Waals surface area contributed by atoms with Crippen molar-refractivity contribution in [2.24, 2.45) is 0 Å². The summed E-state index contributed by atoms with van der Waals surface area (Å²) in [5.74, 6) is 0.457. The van der Waals surface area contributed by atoms with E-state index in [0.717, 1.165) is 34.7 Å². The summed E-state index contributed by atoms with van der Waals surface area (Å²) in [6, 6.07) is 10.5. The average Bonchev–Trinajstić information content (AvgIpc) is 3.58. The number of hydrogen-bond acceptors (Lipinski definition) is 9. The minimum Gasteiger partial charge on any atom is -0.496 e. The number of rotatable bonds is 9. The van der Waals surface area contributed by atoms with Gasteiger partial charge in [-0.3, -0.25) is 0 Å². The second-order valence-corrected chi connectivity index (χ2v) is 14.4. The van der Waals surface area contributed by atoms with Crippen LogP contribution < -0.4 is 10.5 Å². The molecule has 1 saturated carbocycles. The number of methoxy groups -OCH3 is 2. The molecule has 2 aliphatic carbocycles. The molecule has 2 N–H and O–H groups in total. The molecule has 1 fully saturated rings. The summed E-state index contributed by atoms with van der Waals surface area (Å²) in [5.41, 5.74) is 8.14. The first-order chi connectivity index (χ1) is 20.1. The molecule has 0 saturated heterocycles. The largest absolute Gasteiger partial charge is 0.496 e. The van der Waals surface area contributed by atoms with E-state index in [-0.39, 0.29) is 13.2 Å². The molecule has 1 unspecified atom stereocenters. The maximum atomic E-state index is 14.6. The van der Waals surface area contributed by atoms with E-state index in [2.05, 4.69) is 9.97 Å². The van der Waals surface area contributed by atoms with Crippen LogP contribution in [0.1, 0.15) is 42.5 Å². The number of nitrogens with two attached hydrogens (primary N) is 1. The summed E-state index contributed by atoms with van der Waals surface area (Å²) in [4.78, 5) is 9.98. The predicted molar refractivity (Wildman–Crippen MR) is 166 cm³/mol. The summed E-state index contributed by atoms with van der Waals surface area (Å²) in [7, 11) is -0.979. The molecule has 4 aromatic rings. The van der Waals surface area contributed by atoms with Crippen molar-refractivity contribution in [3.05, 3.63) is 75.9 Å². The van der Waals surface area contributed by atoms with Gasteiger partial charge in [0, 0.05) is 52.8 Å². The van der Waals surface area contributed by atoms with Crippen molar-refractivity contribution >= 4 is 55.3 Å². The van der Waals surface area contributed by atoms with Crippen molar-refractivity contribution < 1.29 is 22.6 Å². The van der Waals surface area contributed by atoms with Crippen molar-refractivity contribution in [3.63, 3.8) is 0 Å². The third-order valence-electron chi connectivity index (χ3n) is 8.03. The third-order valence-corrected chi connectivity index (χ3v) is 11.9. The number of benzene rings is 1. The Hall–Kier alpha value is -3.22. The fourth-order valence-electron chi connectivity index (χ4n) is 5.47. The molecule has 1 aromatic carbocycles. The van der Waals surface area contributed by atoms with E-state index in [4.69, 9.17) is 31.5 Å². The quantitative estimate of drug-likeness (QED) is 0.170. The number of ether oxygens (including phenoxy) is 3. The average molecular weight is 627 g/mol. The van der Waals surface area contributed by atoms with E-state index in [1.165, 1.54) is 22.4 Å². The van der Waals surface area contributed by atoms with Gasteiger partial charge in [-0.15, -0.1) is 11.3 Å². The lowest BCUT2D eigenvalue weighted by Crippen LogP contribution is -2.39. The second kappa shape index (κ2) is 10.8. The van der Waals surface area contributed by atoms with Gasteiger partial charge in [-0.1, -0.05) is 17.7 Å². The number of halogens is 1. The van der Waals surface area contributed by atoms with Crippen LogP contribution in [0.3, 0.4) is 0 Å². The Bertz CT molecular complexity index is 1840. The normalized spacial score (nSPS) is 20.2. The number of nitrogens with zero attached hydrogens (tertiary/aromatic N) is 3. The highest BCUT2D eigenvalue weighted by molar-refractivity contribution is 7.91. The Balaban J connectivity index is 1.39. The number of fused-ring (bicyclic) bond motifs is 1. The van der Waals surface area contributed by atoms with Crippen molar-refractivity contribution in [1.29, 1.82) is 0 Å². The van der Waals surface area contributed by atoms with Crippen LogP contribution in [0.25, 0.3) is 27.9 Å². The van der Waals surface area contributed by atoms with E-state index < -0.39 is 20.4 Å². The van der Waals surface area contributed by atoms with Crippen LogP contribution in [-0.4, -0.2) is 48.1 Å². The lowest BCUT2D eigenvalue weighted by Gasteiger charge is -2.39. The lowest BCUT2D eigenvalue weighted by molar-refractivity contribution is -0.171. The van der Waals surface area contributed by atoms with Crippen LogP contribution in [0.5, 0.6) is 5.75 Å². The first kappa shape index (κ1) is 28.9. The zero-order chi connectivity index (χ0) is 29.7. The number of anilines is 1. The van der Waals surface area contributed by atoms with Crippen molar-refractivity contribution in [1.82, 2.24) is 13.9 Å². The highest BCUT2D eigenvalue weighted by atomic mass is 35.5. The maximum Gasteiger partial charge on any atom is 0.250 e. The Labute approximate surface area is 253 Å². The number of hydrogen-bond donors (Lipinski definition) is 1. The van der Waals surface area contributed by atoms with Crippen molar-refractivity contribution in [3.8, 4) is 17.0 Å². The Kier molecular flexibility index (Phi) is 7.43. The molecule has 2 aliphatic rings. The van der Waals surface area contributed by atoms with Gasteiger partial charge in [-0.05, 0) is 69.0 Å². The first-order valence-corrected chi connectivity index (χ1v) is 16.1. The van der Waals surface area contributed by atoms with Gasteiger partial charge in [0.1, 0.15) is 27.9 Å². The zero-order valence-electron chi connectivity index (χ0n) is 23.5. The molecule has 0 amide bonds. The van der Waals surface area contributed by atoms with Crippen LogP contribution in [0.4, 0.5) is 5.69 Å².